The molecule has 1 saturated heterocycles. The molecule has 0 spiro atoms. The Morgan fingerprint density at radius 2 is 1.71 bits per heavy atom. The van der Waals surface area contributed by atoms with E-state index in [0.717, 1.165) is 12.1 Å². The molecule has 3 aromatic rings. The maximum absolute atomic E-state index is 13.4. The Bertz CT molecular complexity index is 1200. The van der Waals surface area contributed by atoms with E-state index < -0.39 is 21.7 Å². The van der Waals surface area contributed by atoms with E-state index in [9.17, 15) is 22.0 Å². The number of hydrogen-bond donors (Lipinski definition) is 0. The monoisotopic (exact) mass is 405 g/mol. The lowest BCUT2D eigenvalue weighted by Crippen LogP contribution is -2.40. The van der Waals surface area contributed by atoms with E-state index in [4.69, 9.17) is 0 Å². The molecule has 0 saturated carbocycles. The van der Waals surface area contributed by atoms with Crippen LogP contribution in [0.2, 0.25) is 0 Å². The third-order valence-corrected chi connectivity index (χ3v) is 6.93. The zero-order chi connectivity index (χ0) is 19.9. The highest BCUT2D eigenvalue weighted by Gasteiger charge is 2.31. The van der Waals surface area contributed by atoms with Crippen LogP contribution >= 0.6 is 0 Å². The van der Waals surface area contributed by atoms with Gasteiger partial charge in [0.05, 0.1) is 22.1 Å². The molecule has 0 radical (unpaired) electrons. The number of rotatable bonds is 3. The van der Waals surface area contributed by atoms with Crippen LogP contribution in [-0.2, 0) is 10.0 Å². The van der Waals surface area contributed by atoms with Crippen molar-refractivity contribution in [1.29, 1.82) is 0 Å². The highest BCUT2D eigenvalue weighted by atomic mass is 32.2. The van der Waals surface area contributed by atoms with Crippen molar-refractivity contribution >= 4 is 20.9 Å². The third kappa shape index (κ3) is 3.20. The van der Waals surface area contributed by atoms with Crippen molar-refractivity contribution in [3.8, 4) is 0 Å². The summed E-state index contributed by atoms with van der Waals surface area (Å²) in [6, 6.07) is 9.41. The van der Waals surface area contributed by atoms with E-state index in [2.05, 4.69) is 4.98 Å². The molecule has 1 aliphatic rings. The van der Waals surface area contributed by atoms with Crippen molar-refractivity contribution in [1.82, 2.24) is 13.9 Å². The van der Waals surface area contributed by atoms with Gasteiger partial charge in [0.25, 0.3) is 5.56 Å². The molecule has 146 valence electrons. The SMILES string of the molecule is O=c1c2ccccc2ncn1C1CCN(S(=O)(=O)c2ccc(F)c(F)c2)CC1. The molecular weight excluding hydrogens is 388 g/mol. The van der Waals surface area contributed by atoms with E-state index in [0.29, 0.717) is 29.8 Å². The predicted octanol–water partition coefficient (Wildman–Crippen LogP) is 2.70. The van der Waals surface area contributed by atoms with Crippen molar-refractivity contribution in [2.75, 3.05) is 13.1 Å². The van der Waals surface area contributed by atoms with Gasteiger partial charge >= 0.3 is 0 Å². The lowest BCUT2D eigenvalue weighted by molar-refractivity contribution is 0.269. The molecule has 0 bridgehead atoms. The van der Waals surface area contributed by atoms with Gasteiger partial charge in [-0.15, -0.1) is 0 Å². The van der Waals surface area contributed by atoms with E-state index in [1.165, 1.54) is 10.6 Å². The molecule has 0 N–H and O–H groups in total. The fraction of sp³-hybridized carbons (Fsp3) is 0.263. The van der Waals surface area contributed by atoms with E-state index >= 15 is 0 Å². The summed E-state index contributed by atoms with van der Waals surface area (Å²) in [5.41, 5.74) is 0.453. The van der Waals surface area contributed by atoms with Gasteiger partial charge in [0.15, 0.2) is 11.6 Å². The van der Waals surface area contributed by atoms with Crippen LogP contribution < -0.4 is 5.56 Å². The summed E-state index contributed by atoms with van der Waals surface area (Å²) in [7, 11) is -3.93. The van der Waals surface area contributed by atoms with Gasteiger partial charge in [-0.2, -0.15) is 4.31 Å². The third-order valence-electron chi connectivity index (χ3n) is 5.04. The first-order valence-electron chi connectivity index (χ1n) is 8.79. The lowest BCUT2D eigenvalue weighted by atomic mass is 10.1. The number of aromatic nitrogens is 2. The van der Waals surface area contributed by atoms with Gasteiger partial charge in [-0.05, 0) is 43.2 Å². The molecule has 1 aromatic heterocycles. The van der Waals surface area contributed by atoms with Gasteiger partial charge in [-0.1, -0.05) is 12.1 Å². The number of fused-ring (bicyclic) bond motifs is 1. The Morgan fingerprint density at radius 1 is 1.00 bits per heavy atom. The van der Waals surface area contributed by atoms with Crippen LogP contribution in [0.25, 0.3) is 10.9 Å². The molecule has 1 aliphatic heterocycles. The maximum Gasteiger partial charge on any atom is 0.261 e. The van der Waals surface area contributed by atoms with Crippen molar-refractivity contribution in [3.05, 3.63) is 70.8 Å². The maximum atomic E-state index is 13.4. The van der Waals surface area contributed by atoms with Crippen LogP contribution in [0.5, 0.6) is 0 Å². The van der Waals surface area contributed by atoms with Crippen LogP contribution in [0, 0.1) is 11.6 Å². The summed E-state index contributed by atoms with van der Waals surface area (Å²) < 4.78 is 54.7. The minimum absolute atomic E-state index is 0.160. The Morgan fingerprint density at radius 3 is 2.43 bits per heavy atom. The number of halogens is 2. The highest BCUT2D eigenvalue weighted by Crippen LogP contribution is 2.27. The zero-order valence-electron chi connectivity index (χ0n) is 14.8. The van der Waals surface area contributed by atoms with Gasteiger partial charge in [-0.25, -0.2) is 22.2 Å². The van der Waals surface area contributed by atoms with Crippen molar-refractivity contribution in [2.24, 2.45) is 0 Å². The summed E-state index contributed by atoms with van der Waals surface area (Å²) in [5, 5.41) is 0.516. The molecule has 0 aliphatic carbocycles. The second kappa shape index (κ2) is 7.06. The topological polar surface area (TPSA) is 72.3 Å². The molecule has 4 rings (SSSR count). The van der Waals surface area contributed by atoms with E-state index in [1.54, 1.807) is 28.8 Å². The quantitative estimate of drug-likeness (QED) is 0.672. The summed E-state index contributed by atoms with van der Waals surface area (Å²) in [6.45, 7) is 0.344. The summed E-state index contributed by atoms with van der Waals surface area (Å²) in [6.07, 6.45) is 2.33. The molecule has 28 heavy (non-hydrogen) atoms. The van der Waals surface area contributed by atoms with Gasteiger partial charge in [-0.3, -0.25) is 9.36 Å². The molecule has 2 heterocycles. The molecule has 1 fully saturated rings. The predicted molar refractivity (Wildman–Crippen MR) is 99.4 cm³/mol. The molecular formula is C19H17F2N3O3S. The smallest absolute Gasteiger partial charge is 0.261 e. The van der Waals surface area contributed by atoms with Crippen molar-refractivity contribution < 1.29 is 17.2 Å². The standard InChI is InChI=1S/C19H17F2N3O3S/c20-16-6-5-14(11-17(16)21)28(26,27)23-9-7-13(8-10-23)24-12-22-18-4-2-1-3-15(18)19(24)25/h1-6,11-13H,7-10H2. The van der Waals surface area contributed by atoms with Crippen molar-refractivity contribution in [3.63, 3.8) is 0 Å². The summed E-state index contributed by atoms with van der Waals surface area (Å²) in [4.78, 5) is 16.7. The van der Waals surface area contributed by atoms with Crippen LogP contribution in [0.4, 0.5) is 8.78 Å². The first-order valence-corrected chi connectivity index (χ1v) is 10.2. The number of piperidine rings is 1. The molecule has 2 aromatic carbocycles. The largest absolute Gasteiger partial charge is 0.296 e. The minimum Gasteiger partial charge on any atom is -0.296 e. The number of nitrogens with zero attached hydrogens (tertiary/aromatic N) is 3. The van der Waals surface area contributed by atoms with Gasteiger partial charge < -0.3 is 0 Å². The van der Waals surface area contributed by atoms with Crippen molar-refractivity contribution in [2.45, 2.75) is 23.8 Å². The molecule has 0 atom stereocenters. The minimum atomic E-state index is -3.93. The number of sulfonamides is 1. The number of hydrogen-bond acceptors (Lipinski definition) is 4. The van der Waals surface area contributed by atoms with E-state index in [1.807, 2.05) is 0 Å². The van der Waals surface area contributed by atoms with Gasteiger partial charge in [0.1, 0.15) is 0 Å². The van der Waals surface area contributed by atoms with Gasteiger partial charge in [0, 0.05) is 19.1 Å². The second-order valence-corrected chi connectivity index (χ2v) is 8.62. The number of para-hydroxylation sites is 1. The Balaban J connectivity index is 1.55. The van der Waals surface area contributed by atoms with E-state index in [-0.39, 0.29) is 29.6 Å². The molecule has 0 unspecified atom stereocenters. The zero-order valence-corrected chi connectivity index (χ0v) is 15.6. The van der Waals surface area contributed by atoms with Gasteiger partial charge in [0.2, 0.25) is 10.0 Å². The average molecular weight is 405 g/mol. The molecule has 0 amide bonds. The number of benzene rings is 2. The second-order valence-electron chi connectivity index (χ2n) is 6.69. The first kappa shape index (κ1) is 18.7. The van der Waals surface area contributed by atoms with Crippen LogP contribution in [0.3, 0.4) is 0 Å². The molecule has 6 nitrogen and oxygen atoms in total. The van der Waals surface area contributed by atoms with Crippen LogP contribution in [0.1, 0.15) is 18.9 Å². The fourth-order valence-corrected chi connectivity index (χ4v) is 4.97. The Kier molecular flexibility index (Phi) is 4.72. The summed E-state index contributed by atoms with van der Waals surface area (Å²) >= 11 is 0. The highest BCUT2D eigenvalue weighted by molar-refractivity contribution is 7.89. The average Bonchev–Trinajstić information content (AvgIpc) is 2.70. The Labute approximate surface area is 160 Å². The first-order chi connectivity index (χ1) is 13.4. The molecule has 9 heteroatoms. The van der Waals surface area contributed by atoms with Crippen LogP contribution in [-0.4, -0.2) is 35.4 Å². The normalized spacial score (nSPS) is 16.5. The van der Waals surface area contributed by atoms with Crippen LogP contribution in [0.15, 0.2) is 58.5 Å². The lowest BCUT2D eigenvalue weighted by Gasteiger charge is -2.32. The fourth-order valence-electron chi connectivity index (χ4n) is 3.49. The summed E-state index contributed by atoms with van der Waals surface area (Å²) in [5.74, 6) is -2.30. The Hall–Kier alpha value is -2.65.